The topological polar surface area (TPSA) is 111 Å². The molecule has 29 heavy (non-hydrogen) atoms. The van der Waals surface area contributed by atoms with Crippen LogP contribution in [0.3, 0.4) is 0 Å². The highest BCUT2D eigenvalue weighted by Crippen LogP contribution is 2.46. The van der Waals surface area contributed by atoms with Gasteiger partial charge in [-0.3, -0.25) is 4.79 Å². The van der Waals surface area contributed by atoms with Crippen molar-refractivity contribution in [2.45, 2.75) is 26.1 Å². The van der Waals surface area contributed by atoms with E-state index in [0.29, 0.717) is 46.7 Å². The number of hydrogen-bond acceptors (Lipinski definition) is 7. The maximum Gasteiger partial charge on any atom is 0.410 e. The summed E-state index contributed by atoms with van der Waals surface area (Å²) in [6.07, 6.45) is -0.464. The van der Waals surface area contributed by atoms with Crippen LogP contribution in [-0.4, -0.2) is 40.3 Å². The molecule has 4 N–H and O–H groups in total. The highest BCUT2D eigenvalue weighted by Gasteiger charge is 2.35. The van der Waals surface area contributed by atoms with Crippen LogP contribution in [0.4, 0.5) is 9.80 Å². The molecule has 0 saturated heterocycles. The van der Waals surface area contributed by atoms with Gasteiger partial charge in [0.2, 0.25) is 0 Å². The lowest BCUT2D eigenvalue weighted by Gasteiger charge is -2.28. The van der Waals surface area contributed by atoms with Crippen LogP contribution in [0.15, 0.2) is 15.0 Å². The molecule has 1 atom stereocenters. The fourth-order valence-corrected chi connectivity index (χ4v) is 5.92. The van der Waals surface area contributed by atoms with Crippen LogP contribution in [0, 0.1) is 0 Å². The van der Waals surface area contributed by atoms with Crippen molar-refractivity contribution in [1.82, 2.24) is 10.2 Å². The van der Waals surface area contributed by atoms with Crippen LogP contribution in [0.5, 0.6) is 11.5 Å². The highest BCUT2D eigenvalue weighted by atomic mass is 79.9. The van der Waals surface area contributed by atoms with Gasteiger partial charge in [0.15, 0.2) is 0 Å². The Morgan fingerprint density at radius 3 is 2.83 bits per heavy atom. The summed E-state index contributed by atoms with van der Waals surface area (Å²) < 4.78 is 5.60. The normalized spacial score (nSPS) is 17.8. The van der Waals surface area contributed by atoms with E-state index in [1.54, 1.807) is 17.9 Å². The Morgan fingerprint density at radius 1 is 1.34 bits per heavy atom. The molecule has 3 heterocycles. The molecule has 154 valence electrons. The zero-order valence-electron chi connectivity index (χ0n) is 15.2. The second kappa shape index (κ2) is 7.69. The molecular formula is C18H17Br2N3O5S. The summed E-state index contributed by atoms with van der Waals surface area (Å²) in [7, 11) is 0. The first-order valence-corrected chi connectivity index (χ1v) is 11.3. The summed E-state index contributed by atoms with van der Waals surface area (Å²) in [5.41, 5.74) is 1.92. The number of thiophene rings is 1. The molecule has 0 saturated carbocycles. The minimum absolute atomic E-state index is 0.125. The number of phenolic OH excluding ortho intramolecular Hbond substituents is 2. The zero-order valence-corrected chi connectivity index (χ0v) is 19.2. The van der Waals surface area contributed by atoms with E-state index < -0.39 is 6.17 Å². The van der Waals surface area contributed by atoms with Crippen LogP contribution in [0.1, 0.15) is 39.5 Å². The molecule has 2 aromatic rings. The number of rotatable bonds is 2. The molecule has 0 aliphatic carbocycles. The number of nitrogens with zero attached hydrogens (tertiary/aromatic N) is 1. The number of anilines is 1. The van der Waals surface area contributed by atoms with Crippen molar-refractivity contribution >= 4 is 60.2 Å². The lowest BCUT2D eigenvalue weighted by Crippen LogP contribution is -2.39. The van der Waals surface area contributed by atoms with Gasteiger partial charge >= 0.3 is 6.09 Å². The largest absolute Gasteiger partial charge is 0.506 e. The van der Waals surface area contributed by atoms with E-state index >= 15 is 0 Å². The molecule has 4 rings (SSSR count). The Balaban J connectivity index is 1.65. The number of nitrogens with one attached hydrogen (secondary N) is 2. The van der Waals surface area contributed by atoms with Crippen LogP contribution < -0.4 is 10.6 Å². The number of phenols is 2. The Hall–Kier alpha value is -1.98. The number of fused-ring (bicyclic) bond motifs is 3. The number of halogens is 2. The van der Waals surface area contributed by atoms with E-state index in [0.717, 1.165) is 10.4 Å². The highest BCUT2D eigenvalue weighted by molar-refractivity contribution is 9.11. The molecule has 0 unspecified atom stereocenters. The molecule has 0 spiro atoms. The summed E-state index contributed by atoms with van der Waals surface area (Å²) in [5, 5.41) is 27.2. The number of benzene rings is 1. The average Bonchev–Trinajstić information content (AvgIpc) is 3.07. The first kappa shape index (κ1) is 20.3. The van der Waals surface area contributed by atoms with Gasteiger partial charge in [-0.2, -0.15) is 0 Å². The predicted molar refractivity (Wildman–Crippen MR) is 114 cm³/mol. The zero-order chi connectivity index (χ0) is 20.9. The van der Waals surface area contributed by atoms with Crippen molar-refractivity contribution in [3.05, 3.63) is 36.6 Å². The second-order valence-corrected chi connectivity index (χ2v) is 9.34. The van der Waals surface area contributed by atoms with Crippen molar-refractivity contribution < 1.29 is 24.5 Å². The fourth-order valence-electron chi connectivity index (χ4n) is 3.48. The van der Waals surface area contributed by atoms with Crippen LogP contribution >= 0.6 is 43.2 Å². The Labute approximate surface area is 187 Å². The smallest absolute Gasteiger partial charge is 0.410 e. The summed E-state index contributed by atoms with van der Waals surface area (Å²) in [6, 6.07) is 1.55. The second-order valence-electron chi connectivity index (χ2n) is 6.59. The molecule has 0 radical (unpaired) electrons. The van der Waals surface area contributed by atoms with E-state index in [1.807, 2.05) is 0 Å². The number of amides is 2. The molecule has 1 aromatic carbocycles. The lowest BCUT2D eigenvalue weighted by atomic mass is 10.0. The van der Waals surface area contributed by atoms with Gasteiger partial charge in [-0.15, -0.1) is 11.3 Å². The van der Waals surface area contributed by atoms with E-state index in [9.17, 15) is 19.8 Å². The SMILES string of the molecule is CCOC(=O)N1CCc2c(sc3c2C(=O)N[C@@H](c2cc(Br)c(O)c(Br)c2O)N3)C1. The van der Waals surface area contributed by atoms with Gasteiger partial charge in [0.05, 0.1) is 23.2 Å². The third kappa shape index (κ3) is 3.44. The predicted octanol–water partition coefficient (Wildman–Crippen LogP) is 4.05. The minimum Gasteiger partial charge on any atom is -0.506 e. The van der Waals surface area contributed by atoms with Gasteiger partial charge in [-0.05, 0) is 56.8 Å². The van der Waals surface area contributed by atoms with Crippen molar-refractivity contribution in [3.63, 3.8) is 0 Å². The minimum atomic E-state index is -0.676. The number of carbonyl (C=O) groups is 2. The summed E-state index contributed by atoms with van der Waals surface area (Å²) >= 11 is 7.82. The van der Waals surface area contributed by atoms with Gasteiger partial charge in [-0.25, -0.2) is 4.79 Å². The van der Waals surface area contributed by atoms with Gasteiger partial charge in [0.1, 0.15) is 27.1 Å². The Bertz CT molecular complexity index is 1030. The summed E-state index contributed by atoms with van der Waals surface area (Å²) in [6.45, 7) is 2.97. The number of hydrogen-bond donors (Lipinski definition) is 4. The van der Waals surface area contributed by atoms with E-state index in [2.05, 4.69) is 42.5 Å². The number of ether oxygens (including phenoxy) is 1. The van der Waals surface area contributed by atoms with Crippen molar-refractivity contribution in [2.75, 3.05) is 18.5 Å². The van der Waals surface area contributed by atoms with Crippen LogP contribution in [0.25, 0.3) is 0 Å². The maximum atomic E-state index is 12.9. The third-order valence-corrected chi connectivity index (χ3v) is 7.37. The lowest BCUT2D eigenvalue weighted by molar-refractivity contribution is 0.0934. The molecule has 11 heteroatoms. The Morgan fingerprint density at radius 2 is 2.10 bits per heavy atom. The molecule has 8 nitrogen and oxygen atoms in total. The molecule has 2 aliphatic rings. The third-order valence-electron chi connectivity index (χ3n) is 4.87. The van der Waals surface area contributed by atoms with E-state index in [4.69, 9.17) is 4.74 Å². The van der Waals surface area contributed by atoms with Crippen molar-refractivity contribution in [2.24, 2.45) is 0 Å². The van der Waals surface area contributed by atoms with E-state index in [-0.39, 0.29) is 28.0 Å². The molecule has 0 bridgehead atoms. The van der Waals surface area contributed by atoms with Crippen molar-refractivity contribution in [1.29, 1.82) is 0 Å². The summed E-state index contributed by atoms with van der Waals surface area (Å²) in [4.78, 5) is 27.5. The standard InChI is InChI=1S/C18H17Br2N3O5S/c1-2-28-18(27)23-4-3-7-10(6-23)29-17-11(7)16(26)21-15(22-17)8-5-9(19)14(25)12(20)13(8)24/h5,15,22,24-25H,2-4,6H2,1H3,(H,21,26)/t15-/m1/s1. The fraction of sp³-hybridized carbons (Fsp3) is 0.333. The van der Waals surface area contributed by atoms with Gasteiger partial charge in [-0.1, -0.05) is 0 Å². The van der Waals surface area contributed by atoms with Crippen molar-refractivity contribution in [3.8, 4) is 11.5 Å². The van der Waals surface area contributed by atoms with Gasteiger partial charge in [0, 0.05) is 17.0 Å². The van der Waals surface area contributed by atoms with Crippen LogP contribution in [0.2, 0.25) is 0 Å². The summed E-state index contributed by atoms with van der Waals surface area (Å²) in [5.74, 6) is -0.535. The van der Waals surface area contributed by atoms with E-state index in [1.165, 1.54) is 11.3 Å². The first-order valence-electron chi connectivity index (χ1n) is 8.85. The van der Waals surface area contributed by atoms with Gasteiger partial charge in [0.25, 0.3) is 5.91 Å². The molecular weight excluding hydrogens is 530 g/mol. The van der Waals surface area contributed by atoms with Gasteiger partial charge < -0.3 is 30.5 Å². The molecule has 0 fully saturated rings. The number of carbonyl (C=O) groups excluding carboxylic acids is 2. The first-order chi connectivity index (χ1) is 13.8. The Kier molecular flexibility index (Phi) is 5.38. The molecule has 2 aliphatic heterocycles. The quantitative estimate of drug-likeness (QED) is 0.452. The monoisotopic (exact) mass is 545 g/mol. The molecule has 2 amide bonds. The molecule has 1 aromatic heterocycles. The van der Waals surface area contributed by atoms with Crippen LogP contribution in [-0.2, 0) is 17.7 Å². The maximum absolute atomic E-state index is 12.9. The number of aromatic hydroxyl groups is 2. The average molecular weight is 547 g/mol.